The fourth-order valence-electron chi connectivity index (χ4n) is 1.74. The van der Waals surface area contributed by atoms with E-state index in [1.807, 2.05) is 44.2 Å². The fourth-order valence-corrected chi connectivity index (χ4v) is 1.74. The van der Waals surface area contributed by atoms with Crippen LogP contribution in [0.4, 0.5) is 0 Å². The predicted octanol–water partition coefficient (Wildman–Crippen LogP) is 1.98. The van der Waals surface area contributed by atoms with E-state index in [2.05, 4.69) is 10.6 Å². The number of carbonyl (C=O) groups excluding carboxylic acids is 1. The van der Waals surface area contributed by atoms with Crippen molar-refractivity contribution in [2.45, 2.75) is 39.3 Å². The molecule has 0 radical (unpaired) electrons. The summed E-state index contributed by atoms with van der Waals surface area (Å²) in [5.41, 5.74) is 1.06. The minimum absolute atomic E-state index is 0.0483. The average molecular weight is 289 g/mol. The molecule has 1 amide bonds. The second kappa shape index (κ2) is 9.78. The van der Waals surface area contributed by atoms with E-state index in [4.69, 9.17) is 10.00 Å². The summed E-state index contributed by atoms with van der Waals surface area (Å²) in [5.74, 6) is 0.758. The molecule has 0 heterocycles. The number of rotatable bonds is 9. The Morgan fingerprint density at radius 3 is 3.00 bits per heavy atom. The zero-order valence-electron chi connectivity index (χ0n) is 12.7. The Labute approximate surface area is 126 Å². The molecule has 1 unspecified atom stereocenters. The Balaban J connectivity index is 2.26. The van der Waals surface area contributed by atoms with Crippen molar-refractivity contribution in [3.8, 4) is 11.8 Å². The number of nitrogens with zero attached hydrogens (tertiary/aromatic N) is 1. The van der Waals surface area contributed by atoms with E-state index in [1.165, 1.54) is 0 Å². The molecular weight excluding hydrogens is 266 g/mol. The van der Waals surface area contributed by atoms with Crippen molar-refractivity contribution in [1.29, 1.82) is 5.26 Å². The molecule has 5 heteroatoms. The van der Waals surface area contributed by atoms with Gasteiger partial charge in [0.25, 0.3) is 0 Å². The van der Waals surface area contributed by atoms with Crippen molar-refractivity contribution < 1.29 is 9.53 Å². The average Bonchev–Trinajstić information content (AvgIpc) is 2.49. The molecule has 0 bridgehead atoms. The second-order valence-electron chi connectivity index (χ2n) is 4.90. The van der Waals surface area contributed by atoms with E-state index in [-0.39, 0.29) is 18.6 Å². The van der Waals surface area contributed by atoms with Crippen LogP contribution in [0.2, 0.25) is 0 Å². The molecule has 1 rings (SSSR count). The predicted molar refractivity (Wildman–Crippen MR) is 81.8 cm³/mol. The number of nitrogens with one attached hydrogen (secondary N) is 2. The Kier molecular flexibility index (Phi) is 7.92. The van der Waals surface area contributed by atoms with E-state index < -0.39 is 0 Å². The number of amides is 1. The van der Waals surface area contributed by atoms with Crippen LogP contribution in [-0.4, -0.2) is 25.1 Å². The molecule has 0 aliphatic rings. The molecule has 1 atom stereocenters. The normalized spacial score (nSPS) is 11.5. The molecule has 0 aliphatic heterocycles. The first-order chi connectivity index (χ1) is 10.2. The molecule has 0 aliphatic carbocycles. The topological polar surface area (TPSA) is 74.2 Å². The van der Waals surface area contributed by atoms with Gasteiger partial charge in [-0.15, -0.1) is 0 Å². The minimum Gasteiger partial charge on any atom is -0.479 e. The van der Waals surface area contributed by atoms with Crippen molar-refractivity contribution in [1.82, 2.24) is 10.6 Å². The molecule has 2 N–H and O–H groups in total. The largest absolute Gasteiger partial charge is 0.479 e. The Morgan fingerprint density at radius 2 is 2.29 bits per heavy atom. The molecule has 0 spiro atoms. The Bertz CT molecular complexity index is 483. The van der Waals surface area contributed by atoms with Gasteiger partial charge in [0.05, 0.1) is 0 Å². The quantitative estimate of drug-likeness (QED) is 0.682. The van der Waals surface area contributed by atoms with Crippen LogP contribution in [0.25, 0.3) is 0 Å². The van der Waals surface area contributed by atoms with Gasteiger partial charge >= 0.3 is 0 Å². The van der Waals surface area contributed by atoms with Gasteiger partial charge in [0.15, 0.2) is 6.61 Å². The van der Waals surface area contributed by atoms with Crippen molar-refractivity contribution in [2.24, 2.45) is 0 Å². The molecule has 0 saturated carbocycles. The highest BCUT2D eigenvalue weighted by Crippen LogP contribution is 2.12. The summed E-state index contributed by atoms with van der Waals surface area (Å²) in [6, 6.07) is 9.74. The molecule has 0 aromatic heterocycles. The van der Waals surface area contributed by atoms with Gasteiger partial charge in [-0.2, -0.15) is 5.26 Å². The maximum absolute atomic E-state index is 11.6. The maximum Gasteiger partial charge on any atom is 0.221 e. The molecular formula is C16H23N3O2. The second-order valence-corrected chi connectivity index (χ2v) is 4.90. The fraction of sp³-hybridized carbons (Fsp3) is 0.500. The minimum atomic E-state index is 0.0483. The summed E-state index contributed by atoms with van der Waals surface area (Å²) in [5, 5.41) is 14.6. The van der Waals surface area contributed by atoms with Gasteiger partial charge in [0, 0.05) is 25.6 Å². The van der Waals surface area contributed by atoms with Crippen LogP contribution in [0.15, 0.2) is 24.3 Å². The molecule has 1 aromatic carbocycles. The summed E-state index contributed by atoms with van der Waals surface area (Å²) in [6.45, 7) is 5.39. The Hall–Kier alpha value is -2.06. The molecule has 0 saturated heterocycles. The third kappa shape index (κ3) is 7.33. The number of hydrogen-bond acceptors (Lipinski definition) is 4. The van der Waals surface area contributed by atoms with Crippen LogP contribution in [0.3, 0.4) is 0 Å². The molecule has 1 aromatic rings. The first-order valence-electron chi connectivity index (χ1n) is 7.24. The highest BCUT2D eigenvalue weighted by atomic mass is 16.5. The molecule has 21 heavy (non-hydrogen) atoms. The van der Waals surface area contributed by atoms with Crippen LogP contribution in [-0.2, 0) is 11.3 Å². The Morgan fingerprint density at radius 1 is 1.48 bits per heavy atom. The van der Waals surface area contributed by atoms with Crippen molar-refractivity contribution >= 4 is 5.91 Å². The summed E-state index contributed by atoms with van der Waals surface area (Å²) in [4.78, 5) is 11.6. The van der Waals surface area contributed by atoms with Gasteiger partial charge in [-0.05, 0) is 31.0 Å². The lowest BCUT2D eigenvalue weighted by atomic mass is 10.2. The van der Waals surface area contributed by atoms with Crippen LogP contribution in [0.5, 0.6) is 5.75 Å². The number of benzene rings is 1. The standard InChI is InChI=1S/C16H23N3O2/c1-3-13(2)19-16(20)7-9-18-12-14-5-4-6-15(11-14)21-10-8-17/h4-6,11,13,18H,3,7,9-10,12H2,1-2H3,(H,19,20). The van der Waals surface area contributed by atoms with Gasteiger partial charge in [-0.1, -0.05) is 19.1 Å². The molecule has 0 fully saturated rings. The van der Waals surface area contributed by atoms with E-state index in [0.717, 1.165) is 12.0 Å². The van der Waals surface area contributed by atoms with Crippen LogP contribution >= 0.6 is 0 Å². The van der Waals surface area contributed by atoms with Crippen LogP contribution < -0.4 is 15.4 Å². The monoisotopic (exact) mass is 289 g/mol. The van der Waals surface area contributed by atoms with Gasteiger partial charge in [0.1, 0.15) is 11.8 Å². The highest BCUT2D eigenvalue weighted by Gasteiger charge is 2.04. The molecule has 114 valence electrons. The third-order valence-corrected chi connectivity index (χ3v) is 3.08. The number of carbonyl (C=O) groups is 1. The lowest BCUT2D eigenvalue weighted by Gasteiger charge is -2.11. The van der Waals surface area contributed by atoms with E-state index in [9.17, 15) is 4.79 Å². The summed E-state index contributed by atoms with van der Waals surface area (Å²) in [7, 11) is 0. The summed E-state index contributed by atoms with van der Waals surface area (Å²) in [6.07, 6.45) is 1.41. The van der Waals surface area contributed by atoms with Gasteiger partial charge < -0.3 is 15.4 Å². The molecule has 5 nitrogen and oxygen atoms in total. The van der Waals surface area contributed by atoms with Crippen molar-refractivity contribution in [3.05, 3.63) is 29.8 Å². The van der Waals surface area contributed by atoms with Crippen molar-refractivity contribution in [2.75, 3.05) is 13.2 Å². The van der Waals surface area contributed by atoms with E-state index in [0.29, 0.717) is 25.3 Å². The summed E-state index contributed by atoms with van der Waals surface area (Å²) >= 11 is 0. The third-order valence-electron chi connectivity index (χ3n) is 3.08. The number of hydrogen-bond donors (Lipinski definition) is 2. The van der Waals surface area contributed by atoms with Gasteiger partial charge in [0.2, 0.25) is 5.91 Å². The van der Waals surface area contributed by atoms with Gasteiger partial charge in [-0.25, -0.2) is 0 Å². The number of nitriles is 1. The first kappa shape index (κ1) is 17.0. The lowest BCUT2D eigenvalue weighted by Crippen LogP contribution is -2.33. The SMILES string of the molecule is CCC(C)NC(=O)CCNCc1cccc(OCC#N)c1. The maximum atomic E-state index is 11.6. The van der Waals surface area contributed by atoms with E-state index >= 15 is 0 Å². The lowest BCUT2D eigenvalue weighted by molar-refractivity contribution is -0.121. The van der Waals surface area contributed by atoms with Crippen LogP contribution in [0, 0.1) is 11.3 Å². The smallest absolute Gasteiger partial charge is 0.221 e. The highest BCUT2D eigenvalue weighted by molar-refractivity contribution is 5.76. The zero-order valence-corrected chi connectivity index (χ0v) is 12.7. The first-order valence-corrected chi connectivity index (χ1v) is 7.24. The number of ether oxygens (including phenoxy) is 1. The summed E-state index contributed by atoms with van der Waals surface area (Å²) < 4.78 is 5.24. The van der Waals surface area contributed by atoms with Gasteiger partial charge in [-0.3, -0.25) is 4.79 Å². The van der Waals surface area contributed by atoms with Crippen molar-refractivity contribution in [3.63, 3.8) is 0 Å². The zero-order chi connectivity index (χ0) is 15.5. The van der Waals surface area contributed by atoms with Crippen LogP contribution in [0.1, 0.15) is 32.3 Å². The van der Waals surface area contributed by atoms with E-state index in [1.54, 1.807) is 0 Å².